The lowest BCUT2D eigenvalue weighted by molar-refractivity contribution is 0.0827. The van der Waals surface area contributed by atoms with Crippen LogP contribution in [0.4, 0.5) is 5.69 Å². The van der Waals surface area contributed by atoms with Gasteiger partial charge in [-0.1, -0.05) is 24.3 Å². The number of likely N-dealkylation sites (N-methyl/N-ethyl adjacent to an activating group) is 1. The van der Waals surface area contributed by atoms with Gasteiger partial charge >= 0.3 is 0 Å². The van der Waals surface area contributed by atoms with E-state index in [0.717, 1.165) is 73.3 Å². The van der Waals surface area contributed by atoms with Crippen molar-refractivity contribution >= 4 is 22.5 Å². The smallest absolute Gasteiger partial charge is 0.253 e. The largest absolute Gasteiger partial charge is 0.369 e. The van der Waals surface area contributed by atoms with Crippen LogP contribution < -0.4 is 4.90 Å². The van der Waals surface area contributed by atoms with Crippen molar-refractivity contribution in [2.45, 2.75) is 19.3 Å². The Bertz CT molecular complexity index is 1320. The third-order valence-corrected chi connectivity index (χ3v) is 7.11. The summed E-state index contributed by atoms with van der Waals surface area (Å²) < 4.78 is 0. The van der Waals surface area contributed by atoms with E-state index in [1.807, 2.05) is 30.5 Å². The van der Waals surface area contributed by atoms with E-state index in [4.69, 9.17) is 4.98 Å². The van der Waals surface area contributed by atoms with Gasteiger partial charge in [-0.25, -0.2) is 0 Å². The Morgan fingerprint density at radius 3 is 2.36 bits per heavy atom. The van der Waals surface area contributed by atoms with Crippen molar-refractivity contribution in [2.24, 2.45) is 0 Å². The number of pyridine rings is 1. The number of carbonyl (C=O) groups is 1. The molecule has 1 saturated heterocycles. The number of piperazine rings is 1. The quantitative estimate of drug-likeness (QED) is 0.410. The fraction of sp³-hybridized carbons (Fsp3) is 0.333. The minimum atomic E-state index is 0.0120. The van der Waals surface area contributed by atoms with Gasteiger partial charge in [0, 0.05) is 80.0 Å². The van der Waals surface area contributed by atoms with Crippen LogP contribution in [0.5, 0.6) is 0 Å². The molecule has 0 bridgehead atoms. The maximum absolute atomic E-state index is 12.1. The molecule has 0 saturated carbocycles. The number of rotatable bonds is 7. The molecular weight excluding hydrogens is 446 g/mol. The Balaban J connectivity index is 1.18. The maximum Gasteiger partial charge on any atom is 0.253 e. The molecule has 3 heterocycles. The number of aromatic amines is 1. The highest BCUT2D eigenvalue weighted by atomic mass is 16.2. The Morgan fingerprint density at radius 1 is 0.944 bits per heavy atom. The molecule has 1 fully saturated rings. The van der Waals surface area contributed by atoms with Crippen LogP contribution >= 0.6 is 0 Å². The molecule has 6 heteroatoms. The van der Waals surface area contributed by atoms with E-state index in [0.29, 0.717) is 5.56 Å². The van der Waals surface area contributed by atoms with Gasteiger partial charge in [-0.2, -0.15) is 0 Å². The highest BCUT2D eigenvalue weighted by Crippen LogP contribution is 2.25. The average molecular weight is 482 g/mol. The van der Waals surface area contributed by atoms with Crippen molar-refractivity contribution in [1.82, 2.24) is 19.8 Å². The molecule has 0 radical (unpaired) electrons. The molecule has 0 aliphatic carbocycles. The van der Waals surface area contributed by atoms with Crippen molar-refractivity contribution < 1.29 is 4.79 Å². The highest BCUT2D eigenvalue weighted by molar-refractivity contribution is 5.94. The summed E-state index contributed by atoms with van der Waals surface area (Å²) in [4.78, 5) is 26.8. The van der Waals surface area contributed by atoms with E-state index in [1.54, 1.807) is 19.0 Å². The van der Waals surface area contributed by atoms with Gasteiger partial charge in [-0.15, -0.1) is 0 Å². The fourth-order valence-electron chi connectivity index (χ4n) is 4.82. The topological polar surface area (TPSA) is 55.5 Å². The summed E-state index contributed by atoms with van der Waals surface area (Å²) in [7, 11) is 5.73. The number of benzene rings is 2. The summed E-state index contributed by atoms with van der Waals surface area (Å²) in [6.07, 6.45) is 5.03. The van der Waals surface area contributed by atoms with Gasteiger partial charge in [0.2, 0.25) is 0 Å². The highest BCUT2D eigenvalue weighted by Gasteiger charge is 2.14. The van der Waals surface area contributed by atoms with Crippen LogP contribution in [0.1, 0.15) is 28.0 Å². The van der Waals surface area contributed by atoms with Gasteiger partial charge in [0.15, 0.2) is 0 Å². The number of nitrogens with one attached hydrogen (secondary N) is 1. The van der Waals surface area contributed by atoms with Crippen LogP contribution in [0.25, 0.3) is 22.2 Å². The summed E-state index contributed by atoms with van der Waals surface area (Å²) in [5.74, 6) is 0.0120. The molecule has 1 N–H and O–H groups in total. The van der Waals surface area contributed by atoms with Crippen molar-refractivity contribution in [3.05, 3.63) is 83.7 Å². The molecule has 186 valence electrons. The van der Waals surface area contributed by atoms with Crippen molar-refractivity contribution in [1.29, 1.82) is 0 Å². The predicted octanol–water partition coefficient (Wildman–Crippen LogP) is 4.86. The van der Waals surface area contributed by atoms with E-state index in [-0.39, 0.29) is 5.91 Å². The van der Waals surface area contributed by atoms with Crippen LogP contribution in [-0.4, -0.2) is 73.0 Å². The molecule has 5 rings (SSSR count). The predicted molar refractivity (Wildman–Crippen MR) is 148 cm³/mol. The average Bonchev–Trinajstić information content (AvgIpc) is 3.33. The Hall–Kier alpha value is -3.64. The third kappa shape index (κ3) is 5.44. The minimum absolute atomic E-state index is 0.0120. The lowest BCUT2D eigenvalue weighted by Crippen LogP contribution is -2.44. The zero-order valence-corrected chi connectivity index (χ0v) is 21.5. The third-order valence-electron chi connectivity index (χ3n) is 7.11. The van der Waals surface area contributed by atoms with Crippen LogP contribution in [0.15, 0.2) is 66.9 Å². The SMILES string of the molecule is CN1CCN(c2ccc(CCCc3cc4[nH]c(-c5ccc(C(=O)N(C)C)cc5)cc4cn3)cc2)CC1. The lowest BCUT2D eigenvalue weighted by Gasteiger charge is -2.34. The fourth-order valence-corrected chi connectivity index (χ4v) is 4.82. The molecule has 2 aromatic carbocycles. The molecular formula is C30H35N5O. The first-order valence-corrected chi connectivity index (χ1v) is 12.8. The van der Waals surface area contributed by atoms with Crippen LogP contribution in [0.3, 0.4) is 0 Å². The monoisotopic (exact) mass is 481 g/mol. The number of carbonyl (C=O) groups excluding carboxylic acids is 1. The first-order valence-electron chi connectivity index (χ1n) is 12.8. The molecule has 6 nitrogen and oxygen atoms in total. The van der Waals surface area contributed by atoms with Gasteiger partial charge in [-0.05, 0) is 73.8 Å². The number of aryl methyl sites for hydroxylation is 2. The summed E-state index contributed by atoms with van der Waals surface area (Å²) in [5, 5.41) is 1.10. The van der Waals surface area contributed by atoms with Crippen LogP contribution in [-0.2, 0) is 12.8 Å². The second-order valence-corrected chi connectivity index (χ2v) is 10.0. The molecule has 4 aromatic rings. The van der Waals surface area contributed by atoms with Gasteiger partial charge in [0.05, 0.1) is 0 Å². The first kappa shape index (κ1) is 24.1. The van der Waals surface area contributed by atoms with Crippen molar-refractivity contribution in [3.63, 3.8) is 0 Å². The van der Waals surface area contributed by atoms with Gasteiger partial charge in [0.25, 0.3) is 5.91 Å². The molecule has 36 heavy (non-hydrogen) atoms. The summed E-state index contributed by atoms with van der Waals surface area (Å²) in [6.45, 7) is 4.47. The second kappa shape index (κ2) is 10.5. The summed E-state index contributed by atoms with van der Waals surface area (Å²) in [5.41, 5.74) is 7.71. The summed E-state index contributed by atoms with van der Waals surface area (Å²) in [6, 6.07) is 21.1. The maximum atomic E-state index is 12.1. The molecule has 0 atom stereocenters. The van der Waals surface area contributed by atoms with Crippen LogP contribution in [0.2, 0.25) is 0 Å². The zero-order chi connectivity index (χ0) is 25.1. The molecule has 2 aromatic heterocycles. The van der Waals surface area contributed by atoms with E-state index < -0.39 is 0 Å². The molecule has 0 spiro atoms. The van der Waals surface area contributed by atoms with Gasteiger partial charge in [0.1, 0.15) is 0 Å². The second-order valence-electron chi connectivity index (χ2n) is 10.0. The number of hydrogen-bond acceptors (Lipinski definition) is 4. The Labute approximate surface area is 213 Å². The number of hydrogen-bond donors (Lipinski definition) is 1. The number of nitrogens with zero attached hydrogens (tertiary/aromatic N) is 4. The number of H-pyrrole nitrogens is 1. The van der Waals surface area contributed by atoms with Crippen molar-refractivity contribution in [2.75, 3.05) is 52.2 Å². The molecule has 0 unspecified atom stereocenters. The molecule has 1 aliphatic rings. The first-order chi connectivity index (χ1) is 17.5. The normalized spacial score (nSPS) is 14.4. The van der Waals surface area contributed by atoms with E-state index >= 15 is 0 Å². The Morgan fingerprint density at radius 2 is 1.67 bits per heavy atom. The number of anilines is 1. The van der Waals surface area contributed by atoms with Crippen molar-refractivity contribution in [3.8, 4) is 11.3 Å². The standard InChI is InChI=1S/C30H35N5O/c1-33(2)30(36)24-11-9-23(10-12-24)28-19-25-21-31-26(20-29(25)32-28)6-4-5-22-7-13-27(14-8-22)35-17-15-34(3)16-18-35/h7-14,19-21,32H,4-6,15-18H2,1-3H3. The molecule has 1 amide bonds. The lowest BCUT2D eigenvalue weighted by atomic mass is 10.1. The van der Waals surface area contributed by atoms with E-state index in [1.165, 1.54) is 11.3 Å². The minimum Gasteiger partial charge on any atom is -0.369 e. The van der Waals surface area contributed by atoms with Gasteiger partial charge in [-0.3, -0.25) is 9.78 Å². The number of aromatic nitrogens is 2. The van der Waals surface area contributed by atoms with Gasteiger partial charge < -0.3 is 19.7 Å². The Kier molecular flexibility index (Phi) is 7.05. The summed E-state index contributed by atoms with van der Waals surface area (Å²) >= 11 is 0. The molecule has 1 aliphatic heterocycles. The number of fused-ring (bicyclic) bond motifs is 1. The number of amides is 1. The van der Waals surface area contributed by atoms with E-state index in [2.05, 4.69) is 58.2 Å². The zero-order valence-electron chi connectivity index (χ0n) is 21.5. The van der Waals surface area contributed by atoms with E-state index in [9.17, 15) is 4.79 Å². The van der Waals surface area contributed by atoms with Crippen LogP contribution in [0, 0.1) is 0 Å².